The van der Waals surface area contributed by atoms with E-state index in [1.165, 1.54) is 0 Å². The minimum atomic E-state index is -0.334. The molecular weight excluding hydrogens is 199 g/mol. The summed E-state index contributed by atoms with van der Waals surface area (Å²) in [7, 11) is 0. The lowest BCUT2D eigenvalue weighted by Gasteiger charge is -2.08. The number of aryl methyl sites for hydroxylation is 1. The van der Waals surface area contributed by atoms with Gasteiger partial charge in [-0.05, 0) is 18.6 Å². The molecule has 0 amide bonds. The summed E-state index contributed by atoms with van der Waals surface area (Å²) in [6.45, 7) is 2.57. The number of hydrogen-bond acceptors (Lipinski definition) is 3. The van der Waals surface area contributed by atoms with Crippen LogP contribution in [0.3, 0.4) is 0 Å². The molecule has 0 aliphatic carbocycles. The summed E-state index contributed by atoms with van der Waals surface area (Å²) in [5.74, 6) is -0.0951. The first-order chi connectivity index (χ1) is 7.25. The van der Waals surface area contributed by atoms with Gasteiger partial charge in [0.25, 0.3) is 0 Å². The van der Waals surface area contributed by atoms with Gasteiger partial charge in [-0.1, -0.05) is 12.1 Å². The zero-order valence-electron chi connectivity index (χ0n) is 8.70. The maximum absolute atomic E-state index is 13.4. The highest BCUT2D eigenvalue weighted by Crippen LogP contribution is 2.19. The van der Waals surface area contributed by atoms with Gasteiger partial charge in [0, 0.05) is 0 Å². The smallest absolute Gasteiger partial charge is 0.167 e. The molecular formula is C11H15FO3. The predicted molar refractivity (Wildman–Crippen MR) is 54.5 cm³/mol. The summed E-state index contributed by atoms with van der Waals surface area (Å²) in [5.41, 5.74) is 0.559. The molecule has 0 radical (unpaired) electrons. The molecule has 0 fully saturated rings. The molecule has 1 aromatic carbocycles. The second-order valence-corrected chi connectivity index (χ2v) is 3.07. The van der Waals surface area contributed by atoms with Crippen LogP contribution in [0.1, 0.15) is 5.56 Å². The number of hydrogen-bond donors (Lipinski definition) is 1. The van der Waals surface area contributed by atoms with Crippen molar-refractivity contribution in [3.63, 3.8) is 0 Å². The molecule has 0 atom stereocenters. The zero-order valence-corrected chi connectivity index (χ0v) is 8.70. The lowest BCUT2D eigenvalue weighted by Crippen LogP contribution is -2.09. The molecule has 1 aromatic rings. The second kappa shape index (κ2) is 6.37. The van der Waals surface area contributed by atoms with Gasteiger partial charge in [0.15, 0.2) is 11.6 Å². The number of ether oxygens (including phenoxy) is 2. The minimum absolute atomic E-state index is 0.0151. The quantitative estimate of drug-likeness (QED) is 0.730. The maximum Gasteiger partial charge on any atom is 0.167 e. The van der Waals surface area contributed by atoms with Crippen molar-refractivity contribution < 1.29 is 19.0 Å². The topological polar surface area (TPSA) is 38.7 Å². The highest BCUT2D eigenvalue weighted by Gasteiger charge is 2.04. The molecule has 15 heavy (non-hydrogen) atoms. The molecule has 0 bridgehead atoms. The Morgan fingerprint density at radius 3 is 2.80 bits per heavy atom. The van der Waals surface area contributed by atoms with Gasteiger partial charge in [0.05, 0.1) is 19.8 Å². The van der Waals surface area contributed by atoms with Gasteiger partial charge in [-0.25, -0.2) is 4.39 Å². The van der Waals surface area contributed by atoms with Crippen molar-refractivity contribution in [2.24, 2.45) is 0 Å². The molecule has 0 heterocycles. The third-order valence-electron chi connectivity index (χ3n) is 1.88. The summed E-state index contributed by atoms with van der Waals surface area (Å²) >= 11 is 0. The Balaban J connectivity index is 2.34. The highest BCUT2D eigenvalue weighted by atomic mass is 19.1. The van der Waals surface area contributed by atoms with E-state index < -0.39 is 0 Å². The molecule has 0 saturated carbocycles. The molecule has 3 nitrogen and oxygen atoms in total. The van der Waals surface area contributed by atoms with Crippen LogP contribution in [0.2, 0.25) is 0 Å². The summed E-state index contributed by atoms with van der Waals surface area (Å²) in [4.78, 5) is 0. The van der Waals surface area contributed by atoms with E-state index in [0.29, 0.717) is 12.2 Å². The van der Waals surface area contributed by atoms with E-state index in [2.05, 4.69) is 0 Å². The first kappa shape index (κ1) is 11.9. The van der Waals surface area contributed by atoms with Gasteiger partial charge in [-0.15, -0.1) is 0 Å². The van der Waals surface area contributed by atoms with E-state index in [1.54, 1.807) is 25.1 Å². The Morgan fingerprint density at radius 2 is 2.07 bits per heavy atom. The van der Waals surface area contributed by atoms with E-state index in [0.717, 1.165) is 0 Å². The predicted octanol–water partition coefficient (Wildman–Crippen LogP) is 1.52. The fourth-order valence-electron chi connectivity index (χ4n) is 1.11. The Bertz CT molecular complexity index is 302. The summed E-state index contributed by atoms with van der Waals surface area (Å²) in [6, 6.07) is 5.00. The van der Waals surface area contributed by atoms with Gasteiger partial charge < -0.3 is 14.6 Å². The minimum Gasteiger partial charge on any atom is -0.488 e. The normalized spacial score (nSPS) is 10.3. The first-order valence-corrected chi connectivity index (χ1v) is 4.82. The standard InChI is InChI=1S/C11H15FO3/c1-9-3-2-4-10(11(9)12)15-8-7-14-6-5-13/h2-4,13H,5-8H2,1H3. The molecule has 0 aliphatic rings. The fraction of sp³-hybridized carbons (Fsp3) is 0.455. The molecule has 4 heteroatoms. The maximum atomic E-state index is 13.4. The molecule has 0 aliphatic heterocycles. The van der Waals surface area contributed by atoms with E-state index in [-0.39, 0.29) is 31.4 Å². The van der Waals surface area contributed by atoms with E-state index in [4.69, 9.17) is 14.6 Å². The van der Waals surface area contributed by atoms with Crippen LogP contribution in [-0.2, 0) is 4.74 Å². The third kappa shape index (κ3) is 3.85. The van der Waals surface area contributed by atoms with Crippen LogP contribution in [0.4, 0.5) is 4.39 Å². The number of aliphatic hydroxyl groups excluding tert-OH is 1. The van der Waals surface area contributed by atoms with Crippen molar-refractivity contribution in [3.8, 4) is 5.75 Å². The molecule has 0 spiro atoms. The van der Waals surface area contributed by atoms with Gasteiger partial charge in [0.1, 0.15) is 6.61 Å². The van der Waals surface area contributed by atoms with Crippen molar-refractivity contribution in [2.75, 3.05) is 26.4 Å². The number of benzene rings is 1. The highest BCUT2D eigenvalue weighted by molar-refractivity contribution is 5.29. The molecule has 0 aromatic heterocycles. The van der Waals surface area contributed by atoms with Crippen LogP contribution in [0.15, 0.2) is 18.2 Å². The van der Waals surface area contributed by atoms with Crippen molar-refractivity contribution in [3.05, 3.63) is 29.6 Å². The third-order valence-corrected chi connectivity index (χ3v) is 1.88. The molecule has 0 saturated heterocycles. The number of aliphatic hydroxyl groups is 1. The van der Waals surface area contributed by atoms with Crippen LogP contribution in [0.25, 0.3) is 0 Å². The summed E-state index contributed by atoms with van der Waals surface area (Å²) < 4.78 is 23.5. The zero-order chi connectivity index (χ0) is 11.1. The van der Waals surface area contributed by atoms with Crippen molar-refractivity contribution in [1.29, 1.82) is 0 Å². The van der Waals surface area contributed by atoms with Crippen LogP contribution < -0.4 is 4.74 Å². The number of rotatable bonds is 6. The van der Waals surface area contributed by atoms with Gasteiger partial charge in [0.2, 0.25) is 0 Å². The van der Waals surface area contributed by atoms with Crippen LogP contribution in [0.5, 0.6) is 5.75 Å². The average molecular weight is 214 g/mol. The second-order valence-electron chi connectivity index (χ2n) is 3.07. The average Bonchev–Trinajstić information content (AvgIpc) is 2.24. The Morgan fingerprint density at radius 1 is 1.27 bits per heavy atom. The lowest BCUT2D eigenvalue weighted by molar-refractivity contribution is 0.0696. The number of halogens is 1. The molecule has 1 N–H and O–H groups in total. The van der Waals surface area contributed by atoms with Crippen LogP contribution in [-0.4, -0.2) is 31.5 Å². The van der Waals surface area contributed by atoms with Crippen molar-refractivity contribution in [2.45, 2.75) is 6.92 Å². The summed E-state index contributed by atoms with van der Waals surface area (Å²) in [5, 5.41) is 8.44. The van der Waals surface area contributed by atoms with E-state index in [9.17, 15) is 4.39 Å². The monoisotopic (exact) mass is 214 g/mol. The SMILES string of the molecule is Cc1cccc(OCCOCCO)c1F. The fourth-order valence-corrected chi connectivity index (χ4v) is 1.11. The van der Waals surface area contributed by atoms with E-state index >= 15 is 0 Å². The Hall–Kier alpha value is -1.13. The van der Waals surface area contributed by atoms with E-state index in [1.807, 2.05) is 0 Å². The summed E-state index contributed by atoms with van der Waals surface area (Å²) in [6.07, 6.45) is 0. The van der Waals surface area contributed by atoms with Gasteiger partial charge >= 0.3 is 0 Å². The first-order valence-electron chi connectivity index (χ1n) is 4.82. The van der Waals surface area contributed by atoms with Gasteiger partial charge in [-0.3, -0.25) is 0 Å². The van der Waals surface area contributed by atoms with Crippen LogP contribution in [0, 0.1) is 12.7 Å². The lowest BCUT2D eigenvalue weighted by atomic mass is 10.2. The van der Waals surface area contributed by atoms with Crippen LogP contribution >= 0.6 is 0 Å². The molecule has 84 valence electrons. The van der Waals surface area contributed by atoms with Gasteiger partial charge in [-0.2, -0.15) is 0 Å². The Labute approximate surface area is 88.4 Å². The largest absolute Gasteiger partial charge is 0.488 e. The molecule has 1 rings (SSSR count). The Kier molecular flexibility index (Phi) is 5.07. The molecule has 0 unspecified atom stereocenters. The van der Waals surface area contributed by atoms with Crippen molar-refractivity contribution >= 4 is 0 Å². The van der Waals surface area contributed by atoms with Crippen molar-refractivity contribution in [1.82, 2.24) is 0 Å².